The molecule has 11 heavy (non-hydrogen) atoms. The molecule has 1 amide bonds. The van der Waals surface area contributed by atoms with Crippen LogP contribution < -0.4 is 5.32 Å². The second-order valence-electron chi connectivity index (χ2n) is 1.87. The summed E-state index contributed by atoms with van der Waals surface area (Å²) >= 11 is 0. The van der Waals surface area contributed by atoms with Crippen molar-refractivity contribution in [2.45, 2.75) is 33.4 Å². The van der Waals surface area contributed by atoms with Crippen molar-refractivity contribution in [3.05, 3.63) is 0 Å². The maximum Gasteiger partial charge on any atom is 0.304 e. The van der Waals surface area contributed by atoms with E-state index < -0.39 is 0 Å². The van der Waals surface area contributed by atoms with Gasteiger partial charge in [-0.3, -0.25) is 9.59 Å². The highest BCUT2D eigenvalue weighted by Crippen LogP contribution is 2.04. The third-order valence-corrected chi connectivity index (χ3v) is 1.00. The molecule has 1 aliphatic heterocycles. The smallest absolute Gasteiger partial charge is 0.304 e. The number of β-lactam (4-membered cyclic amide) rings is 1. The zero-order chi connectivity index (χ0) is 8.85. The van der Waals surface area contributed by atoms with E-state index in [2.05, 4.69) is 10.1 Å². The Bertz CT molecular complexity index is 148. The lowest BCUT2D eigenvalue weighted by Crippen LogP contribution is -2.50. The van der Waals surface area contributed by atoms with Gasteiger partial charge in [-0.25, -0.2) is 0 Å². The van der Waals surface area contributed by atoms with Crippen LogP contribution in [0.15, 0.2) is 0 Å². The molecule has 0 spiro atoms. The summed E-state index contributed by atoms with van der Waals surface area (Å²) < 4.78 is 4.59. The monoisotopic (exact) mass is 159 g/mol. The summed E-state index contributed by atoms with van der Waals surface area (Å²) in [5.74, 6) is -0.429. The molecular formula is C7H13NO3. The van der Waals surface area contributed by atoms with Crippen LogP contribution in [0.2, 0.25) is 0 Å². The molecule has 1 atom stereocenters. The van der Waals surface area contributed by atoms with Gasteiger partial charge in [-0.1, -0.05) is 13.8 Å². The number of rotatable bonds is 1. The first kappa shape index (κ1) is 9.94. The molecule has 0 aliphatic carbocycles. The molecule has 64 valence electrons. The van der Waals surface area contributed by atoms with Gasteiger partial charge in [0.05, 0.1) is 6.42 Å². The van der Waals surface area contributed by atoms with Crippen LogP contribution >= 0.6 is 0 Å². The molecule has 1 heterocycles. The Balaban J connectivity index is 0.000000461. The summed E-state index contributed by atoms with van der Waals surface area (Å²) in [6, 6.07) is 0. The fraction of sp³-hybridized carbons (Fsp3) is 0.714. The van der Waals surface area contributed by atoms with E-state index in [1.165, 1.54) is 6.92 Å². The van der Waals surface area contributed by atoms with E-state index in [-0.39, 0.29) is 18.1 Å². The number of carbonyl (C=O) groups excluding carboxylic acids is 2. The first-order chi connectivity index (χ1) is 5.18. The Morgan fingerprint density at radius 2 is 2.09 bits per heavy atom. The SMILES string of the molecule is CC.CC(=O)OC1CC(=O)N1. The topological polar surface area (TPSA) is 55.4 Å². The van der Waals surface area contributed by atoms with Crippen molar-refractivity contribution >= 4 is 11.9 Å². The van der Waals surface area contributed by atoms with Crippen molar-refractivity contribution in [1.29, 1.82) is 0 Å². The molecule has 1 fully saturated rings. The quantitative estimate of drug-likeness (QED) is 0.445. The molecular weight excluding hydrogens is 146 g/mol. The molecule has 0 aromatic carbocycles. The van der Waals surface area contributed by atoms with Gasteiger partial charge in [-0.15, -0.1) is 0 Å². The molecule has 4 nitrogen and oxygen atoms in total. The standard InChI is InChI=1S/C5H7NO3.C2H6/c1-3(7)9-5-2-4(8)6-5;1-2/h5H,2H2,1H3,(H,6,8);1-2H3. The zero-order valence-corrected chi connectivity index (χ0v) is 7.01. The van der Waals surface area contributed by atoms with Gasteiger partial charge in [0.1, 0.15) is 0 Å². The maximum atomic E-state index is 10.2. The van der Waals surface area contributed by atoms with Crippen LogP contribution in [0.25, 0.3) is 0 Å². The minimum absolute atomic E-state index is 0.0683. The molecule has 0 aromatic heterocycles. The number of hydrogen-bond donors (Lipinski definition) is 1. The van der Waals surface area contributed by atoms with Crippen LogP contribution in [0.5, 0.6) is 0 Å². The van der Waals surface area contributed by atoms with Crippen molar-refractivity contribution < 1.29 is 14.3 Å². The number of carbonyl (C=O) groups is 2. The highest BCUT2D eigenvalue weighted by atomic mass is 16.6. The second-order valence-corrected chi connectivity index (χ2v) is 1.87. The molecule has 1 saturated heterocycles. The van der Waals surface area contributed by atoms with Gasteiger partial charge in [-0.05, 0) is 0 Å². The molecule has 1 rings (SSSR count). The Labute approximate surface area is 65.9 Å². The highest BCUT2D eigenvalue weighted by Gasteiger charge is 2.27. The minimum Gasteiger partial charge on any atom is -0.441 e. The molecule has 0 bridgehead atoms. The Hall–Kier alpha value is -1.06. The number of esters is 1. The molecule has 0 saturated carbocycles. The van der Waals surface area contributed by atoms with E-state index in [4.69, 9.17) is 0 Å². The van der Waals surface area contributed by atoms with Crippen LogP contribution in [-0.4, -0.2) is 18.1 Å². The molecule has 0 radical (unpaired) electrons. The van der Waals surface area contributed by atoms with Crippen LogP contribution in [-0.2, 0) is 14.3 Å². The first-order valence-electron chi connectivity index (χ1n) is 3.65. The highest BCUT2D eigenvalue weighted by molar-refractivity contribution is 5.83. The van der Waals surface area contributed by atoms with E-state index in [0.29, 0.717) is 6.42 Å². The van der Waals surface area contributed by atoms with Gasteiger partial charge >= 0.3 is 5.97 Å². The summed E-state index contributed by atoms with van der Waals surface area (Å²) in [4.78, 5) is 20.4. The van der Waals surface area contributed by atoms with E-state index >= 15 is 0 Å². The van der Waals surface area contributed by atoms with Gasteiger partial charge in [0.2, 0.25) is 5.91 Å². The third kappa shape index (κ3) is 3.60. The molecule has 1 aliphatic rings. The molecule has 4 heteroatoms. The van der Waals surface area contributed by atoms with E-state index in [9.17, 15) is 9.59 Å². The molecule has 1 unspecified atom stereocenters. The van der Waals surface area contributed by atoms with Crippen molar-refractivity contribution in [2.75, 3.05) is 0 Å². The maximum absolute atomic E-state index is 10.2. The Kier molecular flexibility index (Phi) is 4.26. The summed E-state index contributed by atoms with van der Waals surface area (Å²) in [5.41, 5.74) is 0. The van der Waals surface area contributed by atoms with E-state index in [1.807, 2.05) is 13.8 Å². The minimum atomic E-state index is -0.366. The average Bonchev–Trinajstić information content (AvgIpc) is 1.88. The number of nitrogens with one attached hydrogen (secondary N) is 1. The van der Waals surface area contributed by atoms with Crippen molar-refractivity contribution in [1.82, 2.24) is 5.32 Å². The molecule has 1 N–H and O–H groups in total. The summed E-state index contributed by atoms with van der Waals surface area (Å²) in [6.07, 6.45) is -0.0606. The summed E-state index contributed by atoms with van der Waals surface area (Å²) in [6.45, 7) is 5.31. The van der Waals surface area contributed by atoms with Gasteiger partial charge in [-0.2, -0.15) is 0 Å². The number of ether oxygens (including phenoxy) is 1. The van der Waals surface area contributed by atoms with Gasteiger partial charge in [0.15, 0.2) is 6.23 Å². The van der Waals surface area contributed by atoms with Gasteiger partial charge < -0.3 is 10.1 Å². The van der Waals surface area contributed by atoms with Crippen molar-refractivity contribution in [3.63, 3.8) is 0 Å². The lowest BCUT2D eigenvalue weighted by atomic mass is 10.2. The van der Waals surface area contributed by atoms with E-state index in [1.54, 1.807) is 0 Å². The fourth-order valence-electron chi connectivity index (χ4n) is 0.598. The second kappa shape index (κ2) is 4.71. The predicted octanol–water partition coefficient (Wildman–Crippen LogP) is 0.422. The summed E-state index contributed by atoms with van der Waals surface area (Å²) in [7, 11) is 0. The fourth-order valence-corrected chi connectivity index (χ4v) is 0.598. The average molecular weight is 159 g/mol. The third-order valence-electron chi connectivity index (χ3n) is 1.00. The molecule has 0 aromatic rings. The van der Waals surface area contributed by atoms with E-state index in [0.717, 1.165) is 0 Å². The zero-order valence-electron chi connectivity index (χ0n) is 7.01. The van der Waals surface area contributed by atoms with Crippen LogP contribution in [0.4, 0.5) is 0 Å². The van der Waals surface area contributed by atoms with Crippen LogP contribution in [0.3, 0.4) is 0 Å². The van der Waals surface area contributed by atoms with Crippen LogP contribution in [0, 0.1) is 0 Å². The van der Waals surface area contributed by atoms with Gasteiger partial charge in [0.25, 0.3) is 0 Å². The van der Waals surface area contributed by atoms with Crippen LogP contribution in [0.1, 0.15) is 27.2 Å². The first-order valence-corrected chi connectivity index (χ1v) is 3.65. The predicted molar refractivity (Wildman–Crippen MR) is 39.7 cm³/mol. The van der Waals surface area contributed by atoms with Crippen molar-refractivity contribution in [2.24, 2.45) is 0 Å². The largest absolute Gasteiger partial charge is 0.441 e. The normalized spacial score (nSPS) is 20.3. The summed E-state index contributed by atoms with van der Waals surface area (Å²) in [5, 5.41) is 2.39. The Morgan fingerprint density at radius 1 is 1.64 bits per heavy atom. The van der Waals surface area contributed by atoms with Gasteiger partial charge in [0, 0.05) is 6.92 Å². The van der Waals surface area contributed by atoms with Crippen molar-refractivity contribution in [3.8, 4) is 0 Å². The lowest BCUT2D eigenvalue weighted by Gasteiger charge is -2.25. The number of hydrogen-bond acceptors (Lipinski definition) is 3. The number of amides is 1. The lowest BCUT2D eigenvalue weighted by molar-refractivity contribution is -0.158. The Morgan fingerprint density at radius 3 is 2.36 bits per heavy atom.